The number of aliphatic hydroxyl groups is 1. The summed E-state index contributed by atoms with van der Waals surface area (Å²) in [7, 11) is 0. The Bertz CT molecular complexity index is 642. The third kappa shape index (κ3) is 6.81. The Morgan fingerprint density at radius 1 is 1.26 bits per heavy atom. The van der Waals surface area contributed by atoms with E-state index in [0.29, 0.717) is 32.5 Å². The lowest BCUT2D eigenvalue weighted by Gasteiger charge is -2.27. The molecule has 1 aliphatic heterocycles. The van der Waals surface area contributed by atoms with Gasteiger partial charge in [0.1, 0.15) is 0 Å². The Morgan fingerprint density at radius 3 is 2.67 bits per heavy atom. The molecule has 6 nitrogen and oxygen atoms in total. The molecule has 1 aliphatic rings. The summed E-state index contributed by atoms with van der Waals surface area (Å²) in [6.45, 7) is 4.00. The third-order valence-electron chi connectivity index (χ3n) is 4.80. The van der Waals surface area contributed by atoms with Crippen LogP contribution in [0.1, 0.15) is 54.9 Å². The molecule has 1 saturated heterocycles. The number of hydrazine groups is 1. The average Bonchev–Trinajstić information content (AvgIpc) is 3.00. The van der Waals surface area contributed by atoms with Gasteiger partial charge in [-0.3, -0.25) is 9.80 Å². The Balaban J connectivity index is 1.82. The molecule has 0 saturated carbocycles. The van der Waals surface area contributed by atoms with Gasteiger partial charge in [0.2, 0.25) is 5.91 Å². The number of carboxylic acids is 1. The topological polar surface area (TPSA) is 81.1 Å². The summed E-state index contributed by atoms with van der Waals surface area (Å²) in [6.07, 6.45) is 8.58. The van der Waals surface area contributed by atoms with Gasteiger partial charge in [-0.05, 0) is 30.5 Å². The fourth-order valence-electron chi connectivity index (χ4n) is 3.18. The predicted octanol–water partition coefficient (Wildman–Crippen LogP) is 2.87. The molecule has 148 valence electrons. The minimum Gasteiger partial charge on any atom is -0.478 e. The second-order valence-corrected chi connectivity index (χ2v) is 6.92. The number of nitrogens with zero attached hydrogens (tertiary/aromatic N) is 2. The Labute approximate surface area is 161 Å². The van der Waals surface area contributed by atoms with Gasteiger partial charge in [0.05, 0.1) is 11.7 Å². The molecule has 1 heterocycles. The summed E-state index contributed by atoms with van der Waals surface area (Å²) in [6, 6.07) is 6.76. The number of benzene rings is 1. The lowest BCUT2D eigenvalue weighted by Crippen LogP contribution is -2.40. The van der Waals surface area contributed by atoms with Crippen molar-refractivity contribution in [3.05, 3.63) is 47.5 Å². The van der Waals surface area contributed by atoms with Gasteiger partial charge in [0.15, 0.2) is 0 Å². The van der Waals surface area contributed by atoms with Gasteiger partial charge in [-0.1, -0.05) is 50.5 Å². The number of aromatic carboxylic acids is 1. The molecular weight excluding hydrogens is 344 g/mol. The highest BCUT2D eigenvalue weighted by molar-refractivity contribution is 5.87. The van der Waals surface area contributed by atoms with E-state index in [1.807, 2.05) is 17.2 Å². The van der Waals surface area contributed by atoms with Gasteiger partial charge in [0, 0.05) is 26.1 Å². The number of unbranched alkanes of at least 4 members (excludes halogenated alkanes) is 2. The number of amides is 1. The number of carbonyl (C=O) groups excluding carboxylic acids is 1. The summed E-state index contributed by atoms with van der Waals surface area (Å²) >= 11 is 0. The van der Waals surface area contributed by atoms with Crippen LogP contribution in [-0.2, 0) is 11.2 Å². The van der Waals surface area contributed by atoms with E-state index in [1.54, 1.807) is 29.3 Å². The third-order valence-corrected chi connectivity index (χ3v) is 4.80. The van der Waals surface area contributed by atoms with Crippen LogP contribution in [0.2, 0.25) is 0 Å². The SMILES string of the molecule is CCCCCC(O)/C=C\CN1CCC(=O)N1CCc1ccc(C(=O)O)cc1. The molecule has 0 aliphatic carbocycles. The first kappa shape index (κ1) is 21.1. The number of rotatable bonds is 11. The standard InChI is InChI=1S/C21H30N2O4/c1-2-3-4-6-19(24)7-5-14-22-15-13-20(25)23(22)16-12-17-8-10-18(11-9-17)21(26)27/h5,7-11,19,24H,2-4,6,12-16H2,1H3,(H,26,27)/b7-5-. The molecule has 0 aromatic heterocycles. The predicted molar refractivity (Wildman–Crippen MR) is 104 cm³/mol. The Kier molecular flexibility index (Phi) is 8.48. The van der Waals surface area contributed by atoms with Crippen molar-refractivity contribution in [1.29, 1.82) is 0 Å². The van der Waals surface area contributed by atoms with E-state index in [2.05, 4.69) is 6.92 Å². The fourth-order valence-corrected chi connectivity index (χ4v) is 3.18. The van der Waals surface area contributed by atoms with Crippen molar-refractivity contribution in [2.24, 2.45) is 0 Å². The van der Waals surface area contributed by atoms with Gasteiger partial charge in [-0.15, -0.1) is 0 Å². The summed E-state index contributed by atoms with van der Waals surface area (Å²) in [4.78, 5) is 23.1. The number of hydrogen-bond acceptors (Lipinski definition) is 4. The summed E-state index contributed by atoms with van der Waals surface area (Å²) in [5, 5.41) is 22.7. The maximum Gasteiger partial charge on any atom is 0.335 e. The molecule has 0 radical (unpaired) electrons. The van der Waals surface area contributed by atoms with Gasteiger partial charge in [-0.2, -0.15) is 0 Å². The average molecular weight is 374 g/mol. The molecule has 1 atom stereocenters. The van der Waals surface area contributed by atoms with Crippen molar-refractivity contribution in [3.8, 4) is 0 Å². The van der Waals surface area contributed by atoms with Crippen LogP contribution in [-0.4, -0.2) is 57.8 Å². The lowest BCUT2D eigenvalue weighted by molar-refractivity contribution is -0.137. The molecule has 2 N–H and O–H groups in total. The van der Waals surface area contributed by atoms with Crippen molar-refractivity contribution in [2.75, 3.05) is 19.6 Å². The number of hydrogen-bond donors (Lipinski definition) is 2. The van der Waals surface area contributed by atoms with Crippen molar-refractivity contribution >= 4 is 11.9 Å². The first-order valence-electron chi connectivity index (χ1n) is 9.73. The molecule has 1 aromatic carbocycles. The van der Waals surface area contributed by atoms with Gasteiger partial charge >= 0.3 is 5.97 Å². The molecule has 27 heavy (non-hydrogen) atoms. The van der Waals surface area contributed by atoms with E-state index in [1.165, 1.54) is 0 Å². The quantitative estimate of drug-likeness (QED) is 0.460. The van der Waals surface area contributed by atoms with E-state index in [4.69, 9.17) is 5.11 Å². The van der Waals surface area contributed by atoms with Crippen LogP contribution in [0.25, 0.3) is 0 Å². The maximum absolute atomic E-state index is 12.2. The van der Waals surface area contributed by atoms with Crippen molar-refractivity contribution in [2.45, 2.75) is 51.6 Å². The molecular formula is C21H30N2O4. The first-order valence-corrected chi connectivity index (χ1v) is 9.73. The van der Waals surface area contributed by atoms with E-state index in [0.717, 1.165) is 31.2 Å². The maximum atomic E-state index is 12.2. The van der Waals surface area contributed by atoms with Crippen molar-refractivity contribution < 1.29 is 19.8 Å². The molecule has 1 fully saturated rings. The van der Waals surface area contributed by atoms with Gasteiger partial charge < -0.3 is 10.2 Å². The highest BCUT2D eigenvalue weighted by Gasteiger charge is 2.27. The van der Waals surface area contributed by atoms with Crippen LogP contribution in [0.15, 0.2) is 36.4 Å². The fraction of sp³-hybridized carbons (Fsp3) is 0.524. The summed E-state index contributed by atoms with van der Waals surface area (Å²) in [5.74, 6) is -0.833. The van der Waals surface area contributed by atoms with Crippen LogP contribution >= 0.6 is 0 Å². The number of aliphatic hydroxyl groups excluding tert-OH is 1. The molecule has 0 bridgehead atoms. The second kappa shape index (κ2) is 10.8. The molecule has 1 amide bonds. The smallest absolute Gasteiger partial charge is 0.335 e. The highest BCUT2D eigenvalue weighted by Crippen LogP contribution is 2.14. The minimum atomic E-state index is -0.939. The van der Waals surface area contributed by atoms with E-state index in [-0.39, 0.29) is 11.5 Å². The second-order valence-electron chi connectivity index (χ2n) is 6.92. The van der Waals surface area contributed by atoms with Crippen LogP contribution < -0.4 is 0 Å². The Morgan fingerprint density at radius 2 is 2.00 bits per heavy atom. The van der Waals surface area contributed by atoms with Crippen molar-refractivity contribution in [1.82, 2.24) is 10.0 Å². The highest BCUT2D eigenvalue weighted by atomic mass is 16.4. The zero-order valence-electron chi connectivity index (χ0n) is 16.0. The van der Waals surface area contributed by atoms with Crippen LogP contribution in [0.4, 0.5) is 0 Å². The van der Waals surface area contributed by atoms with Gasteiger partial charge in [0.25, 0.3) is 0 Å². The largest absolute Gasteiger partial charge is 0.478 e. The summed E-state index contributed by atoms with van der Waals surface area (Å²) < 4.78 is 0. The number of carbonyl (C=O) groups is 2. The van der Waals surface area contributed by atoms with Crippen LogP contribution in [0, 0.1) is 0 Å². The normalized spacial score (nSPS) is 16.4. The Hall–Kier alpha value is -2.18. The molecule has 0 spiro atoms. The van der Waals surface area contributed by atoms with E-state index in [9.17, 15) is 14.7 Å². The van der Waals surface area contributed by atoms with E-state index < -0.39 is 12.1 Å². The van der Waals surface area contributed by atoms with Crippen LogP contribution in [0.3, 0.4) is 0 Å². The molecule has 2 rings (SSSR count). The molecule has 1 unspecified atom stereocenters. The first-order chi connectivity index (χ1) is 13.0. The molecule has 1 aromatic rings. The minimum absolute atomic E-state index is 0.106. The van der Waals surface area contributed by atoms with E-state index >= 15 is 0 Å². The monoisotopic (exact) mass is 374 g/mol. The van der Waals surface area contributed by atoms with Crippen LogP contribution in [0.5, 0.6) is 0 Å². The summed E-state index contributed by atoms with van der Waals surface area (Å²) in [5.41, 5.74) is 1.27. The number of carboxylic acid groups (broad SMARTS) is 1. The zero-order chi connectivity index (χ0) is 19.6. The van der Waals surface area contributed by atoms with Gasteiger partial charge in [-0.25, -0.2) is 9.80 Å². The lowest BCUT2D eigenvalue weighted by atomic mass is 10.1. The van der Waals surface area contributed by atoms with Crippen molar-refractivity contribution in [3.63, 3.8) is 0 Å². The molecule has 6 heteroatoms. The zero-order valence-corrected chi connectivity index (χ0v) is 16.0.